The van der Waals surface area contributed by atoms with Crippen molar-refractivity contribution in [2.75, 3.05) is 0 Å². The maximum atomic E-state index is 5.87. The molecule has 1 aromatic heterocycles. The Kier molecular flexibility index (Phi) is 4.20. The lowest BCUT2D eigenvalue weighted by molar-refractivity contribution is 0.669. The van der Waals surface area contributed by atoms with Gasteiger partial charge in [0.2, 0.25) is 0 Å². The van der Waals surface area contributed by atoms with E-state index in [1.807, 2.05) is 24.3 Å². The summed E-state index contributed by atoms with van der Waals surface area (Å²) in [4.78, 5) is 0. The van der Waals surface area contributed by atoms with Gasteiger partial charge in [-0.15, -0.1) is 0 Å². The molecule has 2 aromatic carbocycles. The monoisotopic (exact) mass is 302 g/mol. The summed E-state index contributed by atoms with van der Waals surface area (Å²) in [5.74, 6) is 0.557. The average molecular weight is 302 g/mol. The molecular weight excluding hydrogens is 280 g/mol. The second kappa shape index (κ2) is 6.29. The minimum absolute atomic E-state index is 0.557. The molecule has 0 saturated carbocycles. The number of rotatable bonds is 4. The maximum absolute atomic E-state index is 5.87. The molecule has 116 valence electrons. The number of allylic oxidation sites excluding steroid dienone is 5. The Labute approximate surface area is 137 Å². The van der Waals surface area contributed by atoms with Gasteiger partial charge >= 0.3 is 0 Å². The minimum atomic E-state index is 0.557. The van der Waals surface area contributed by atoms with Gasteiger partial charge in [0, 0.05) is 10.8 Å². The second-order valence-electron chi connectivity index (χ2n) is 6.32. The van der Waals surface area contributed by atoms with Gasteiger partial charge in [0.05, 0.1) is 0 Å². The molecule has 0 amide bonds. The minimum Gasteiger partial charge on any atom is -0.456 e. The van der Waals surface area contributed by atoms with Crippen molar-refractivity contribution in [3.63, 3.8) is 0 Å². The molecule has 3 aromatic rings. The number of hydrogen-bond donors (Lipinski definition) is 0. The van der Waals surface area contributed by atoms with Gasteiger partial charge in [-0.25, -0.2) is 0 Å². The van der Waals surface area contributed by atoms with Gasteiger partial charge in [-0.1, -0.05) is 68.5 Å². The Balaban J connectivity index is 1.95. The Morgan fingerprint density at radius 3 is 2.52 bits per heavy atom. The summed E-state index contributed by atoms with van der Waals surface area (Å²) in [7, 11) is 0. The van der Waals surface area contributed by atoms with Gasteiger partial charge in [0.1, 0.15) is 11.2 Å². The third kappa shape index (κ3) is 3.29. The summed E-state index contributed by atoms with van der Waals surface area (Å²) >= 11 is 0. The number of fused-ring (bicyclic) bond motifs is 3. The first-order valence-electron chi connectivity index (χ1n) is 8.01. The lowest BCUT2D eigenvalue weighted by Gasteiger charge is -2.02. The number of hydrogen-bond acceptors (Lipinski definition) is 1. The van der Waals surface area contributed by atoms with Gasteiger partial charge in [-0.2, -0.15) is 0 Å². The van der Waals surface area contributed by atoms with E-state index in [1.165, 1.54) is 5.57 Å². The van der Waals surface area contributed by atoms with Crippen LogP contribution in [-0.2, 0) is 0 Å². The predicted molar refractivity (Wildman–Crippen MR) is 100 cm³/mol. The second-order valence-corrected chi connectivity index (χ2v) is 6.32. The van der Waals surface area contributed by atoms with Gasteiger partial charge in [0.15, 0.2) is 0 Å². The van der Waals surface area contributed by atoms with Crippen LogP contribution >= 0.6 is 0 Å². The van der Waals surface area contributed by atoms with Crippen molar-refractivity contribution in [2.24, 2.45) is 5.92 Å². The highest BCUT2D eigenvalue weighted by Crippen LogP contribution is 2.30. The van der Waals surface area contributed by atoms with Crippen LogP contribution in [0.15, 0.2) is 77.3 Å². The van der Waals surface area contributed by atoms with Crippen LogP contribution in [0.3, 0.4) is 0 Å². The zero-order valence-electron chi connectivity index (χ0n) is 14.0. The summed E-state index contributed by atoms with van der Waals surface area (Å²) < 4.78 is 5.87. The van der Waals surface area contributed by atoms with E-state index in [0.29, 0.717) is 5.92 Å². The normalized spacial score (nSPS) is 12.8. The predicted octanol–water partition coefficient (Wildman–Crippen LogP) is 6.76. The molecule has 3 rings (SSSR count). The van der Waals surface area contributed by atoms with E-state index in [4.69, 9.17) is 4.42 Å². The molecule has 1 heterocycles. The molecule has 0 spiro atoms. The molecular formula is C22H22O. The Morgan fingerprint density at radius 2 is 1.74 bits per heavy atom. The summed E-state index contributed by atoms with van der Waals surface area (Å²) in [6, 6.07) is 14.4. The fraction of sp³-hybridized carbons (Fsp3) is 0.182. The molecule has 0 aliphatic rings. The summed E-state index contributed by atoms with van der Waals surface area (Å²) in [5, 5.41) is 2.29. The third-order valence-electron chi connectivity index (χ3n) is 3.89. The maximum Gasteiger partial charge on any atom is 0.135 e. The Hall–Kier alpha value is -2.54. The van der Waals surface area contributed by atoms with Crippen molar-refractivity contribution >= 4 is 27.5 Å². The highest BCUT2D eigenvalue weighted by atomic mass is 16.3. The fourth-order valence-electron chi connectivity index (χ4n) is 2.84. The van der Waals surface area contributed by atoms with E-state index in [9.17, 15) is 0 Å². The van der Waals surface area contributed by atoms with Crippen LogP contribution in [0.2, 0.25) is 0 Å². The molecule has 0 atom stereocenters. The molecule has 0 unspecified atom stereocenters. The van der Waals surface area contributed by atoms with Crippen LogP contribution in [0, 0.1) is 5.92 Å². The standard InChI is InChI=1S/C22H22O/c1-15(2)13-16(3)9-10-17(4)18-11-12-22-20(14-18)19-7-5-6-8-21(19)23-22/h5-15H,4H2,1-3H3. The molecule has 1 heteroatoms. The Bertz CT molecular complexity index is 919. The summed E-state index contributed by atoms with van der Waals surface area (Å²) in [5.41, 5.74) is 5.24. The molecule has 0 saturated heterocycles. The third-order valence-corrected chi connectivity index (χ3v) is 3.89. The molecule has 0 fully saturated rings. The lowest BCUT2D eigenvalue weighted by atomic mass is 10.0. The largest absolute Gasteiger partial charge is 0.456 e. The highest BCUT2D eigenvalue weighted by molar-refractivity contribution is 6.05. The lowest BCUT2D eigenvalue weighted by Crippen LogP contribution is -1.82. The van der Waals surface area contributed by atoms with Crippen LogP contribution in [0.1, 0.15) is 26.3 Å². The van der Waals surface area contributed by atoms with Gasteiger partial charge in [-0.05, 0) is 42.2 Å². The van der Waals surface area contributed by atoms with Crippen molar-refractivity contribution in [3.8, 4) is 0 Å². The van der Waals surface area contributed by atoms with Crippen molar-refractivity contribution in [1.29, 1.82) is 0 Å². The average Bonchev–Trinajstić information content (AvgIpc) is 2.89. The quantitative estimate of drug-likeness (QED) is 0.485. The molecule has 1 nitrogen and oxygen atoms in total. The van der Waals surface area contributed by atoms with Crippen molar-refractivity contribution in [3.05, 3.63) is 78.4 Å². The van der Waals surface area contributed by atoms with Crippen molar-refractivity contribution in [1.82, 2.24) is 0 Å². The van der Waals surface area contributed by atoms with E-state index in [2.05, 4.69) is 63.8 Å². The number of para-hydroxylation sites is 1. The number of furan rings is 1. The zero-order chi connectivity index (χ0) is 16.4. The van der Waals surface area contributed by atoms with Gasteiger partial charge in [-0.3, -0.25) is 0 Å². The first kappa shape index (κ1) is 15.4. The highest BCUT2D eigenvalue weighted by Gasteiger charge is 2.07. The molecule has 0 radical (unpaired) electrons. The molecule has 23 heavy (non-hydrogen) atoms. The van der Waals surface area contributed by atoms with Crippen LogP contribution in [-0.4, -0.2) is 0 Å². The van der Waals surface area contributed by atoms with Crippen molar-refractivity contribution < 1.29 is 4.42 Å². The van der Waals surface area contributed by atoms with Crippen LogP contribution in [0.25, 0.3) is 27.5 Å². The molecule has 0 bridgehead atoms. The van der Waals surface area contributed by atoms with Crippen LogP contribution in [0.4, 0.5) is 0 Å². The van der Waals surface area contributed by atoms with Crippen LogP contribution in [0.5, 0.6) is 0 Å². The summed E-state index contributed by atoms with van der Waals surface area (Å²) in [6.45, 7) is 10.7. The first-order valence-corrected chi connectivity index (χ1v) is 8.01. The van der Waals surface area contributed by atoms with E-state index < -0.39 is 0 Å². The molecule has 0 aliphatic heterocycles. The van der Waals surface area contributed by atoms with Gasteiger partial charge in [0.25, 0.3) is 0 Å². The first-order chi connectivity index (χ1) is 11.0. The van der Waals surface area contributed by atoms with Gasteiger partial charge < -0.3 is 4.42 Å². The SMILES string of the molecule is C=C(C=CC(C)=CC(C)C)c1ccc2oc3ccccc3c2c1. The fourth-order valence-corrected chi connectivity index (χ4v) is 2.84. The van der Waals surface area contributed by atoms with E-state index in [1.54, 1.807) is 0 Å². The Morgan fingerprint density at radius 1 is 1.00 bits per heavy atom. The zero-order valence-corrected chi connectivity index (χ0v) is 14.0. The van der Waals surface area contributed by atoms with Crippen LogP contribution < -0.4 is 0 Å². The molecule has 0 N–H and O–H groups in total. The van der Waals surface area contributed by atoms with E-state index in [-0.39, 0.29) is 0 Å². The van der Waals surface area contributed by atoms with Crippen molar-refractivity contribution in [2.45, 2.75) is 20.8 Å². The van der Waals surface area contributed by atoms with E-state index >= 15 is 0 Å². The number of benzene rings is 2. The smallest absolute Gasteiger partial charge is 0.135 e. The molecule has 0 aliphatic carbocycles. The topological polar surface area (TPSA) is 13.1 Å². The van der Waals surface area contributed by atoms with E-state index in [0.717, 1.165) is 33.1 Å². The summed E-state index contributed by atoms with van der Waals surface area (Å²) in [6.07, 6.45) is 6.45.